The molecule has 64 valence electrons. The van der Waals surface area contributed by atoms with Crippen LogP contribution in [0.5, 0.6) is 0 Å². The molecule has 1 N–H and O–H groups in total. The first-order valence-corrected chi connectivity index (χ1v) is 4.31. The van der Waals surface area contributed by atoms with E-state index in [4.69, 9.17) is 5.11 Å². The minimum atomic E-state index is -0.797. The Morgan fingerprint density at radius 1 is 1.75 bits per heavy atom. The molecule has 1 aromatic rings. The largest absolute Gasteiger partial charge is 0.480 e. The van der Waals surface area contributed by atoms with E-state index in [2.05, 4.69) is 15.5 Å². The number of rotatable bonds is 1. The second kappa shape index (κ2) is 2.74. The minimum Gasteiger partial charge on any atom is -0.480 e. The van der Waals surface area contributed by atoms with Gasteiger partial charge in [-0.1, -0.05) is 11.8 Å². The second-order valence-corrected chi connectivity index (χ2v) is 3.59. The van der Waals surface area contributed by atoms with Gasteiger partial charge in [-0.25, -0.2) is 4.68 Å². The van der Waals surface area contributed by atoms with Crippen LogP contribution >= 0.6 is 11.8 Å². The predicted molar refractivity (Wildman–Crippen MR) is 39.7 cm³/mol. The molecule has 2 rings (SSSR count). The van der Waals surface area contributed by atoms with Gasteiger partial charge in [0.1, 0.15) is 5.25 Å². The molecule has 0 aliphatic carbocycles. The van der Waals surface area contributed by atoms with Gasteiger partial charge in [-0.3, -0.25) is 4.79 Å². The lowest BCUT2D eigenvalue weighted by atomic mass is 10.3. The molecule has 0 aromatic carbocycles. The second-order valence-electron chi connectivity index (χ2n) is 2.42. The molecule has 0 saturated heterocycles. The van der Waals surface area contributed by atoms with E-state index in [1.54, 1.807) is 4.68 Å². The highest BCUT2D eigenvalue weighted by Crippen LogP contribution is 2.27. The van der Waals surface area contributed by atoms with Crippen molar-refractivity contribution in [1.29, 1.82) is 0 Å². The first-order valence-electron chi connectivity index (χ1n) is 3.43. The van der Waals surface area contributed by atoms with Crippen molar-refractivity contribution in [2.45, 2.75) is 23.4 Å². The molecule has 1 atom stereocenters. The van der Waals surface area contributed by atoms with Crippen LogP contribution in [0.25, 0.3) is 0 Å². The zero-order valence-electron chi connectivity index (χ0n) is 6.04. The number of carboxylic acids is 1. The van der Waals surface area contributed by atoms with Crippen molar-refractivity contribution in [1.82, 2.24) is 20.2 Å². The number of fused-ring (bicyclic) bond motifs is 1. The Bertz CT molecular complexity index is 312. The van der Waals surface area contributed by atoms with Crippen molar-refractivity contribution in [3.05, 3.63) is 0 Å². The number of aromatic nitrogens is 4. The van der Waals surface area contributed by atoms with E-state index in [0.29, 0.717) is 18.1 Å². The van der Waals surface area contributed by atoms with E-state index in [0.717, 1.165) is 0 Å². The molecule has 6 nitrogen and oxygen atoms in total. The zero-order valence-corrected chi connectivity index (χ0v) is 6.86. The van der Waals surface area contributed by atoms with Gasteiger partial charge in [-0.2, -0.15) is 0 Å². The zero-order chi connectivity index (χ0) is 8.55. The molecule has 0 amide bonds. The molecule has 0 bridgehead atoms. The van der Waals surface area contributed by atoms with Crippen molar-refractivity contribution < 1.29 is 9.90 Å². The van der Waals surface area contributed by atoms with Crippen molar-refractivity contribution in [3.8, 4) is 0 Å². The molecular formula is C5H6N4O2S. The van der Waals surface area contributed by atoms with Gasteiger partial charge in [0.05, 0.1) is 0 Å². The first kappa shape index (κ1) is 7.53. The van der Waals surface area contributed by atoms with E-state index in [1.807, 2.05) is 0 Å². The van der Waals surface area contributed by atoms with Crippen LogP contribution in [0, 0.1) is 0 Å². The number of hydrogen-bond donors (Lipinski definition) is 1. The maximum absolute atomic E-state index is 10.6. The molecule has 0 radical (unpaired) electrons. The summed E-state index contributed by atoms with van der Waals surface area (Å²) >= 11 is 1.20. The van der Waals surface area contributed by atoms with Crippen LogP contribution in [-0.4, -0.2) is 36.5 Å². The summed E-state index contributed by atoms with van der Waals surface area (Å²) in [7, 11) is 0. The van der Waals surface area contributed by atoms with E-state index < -0.39 is 11.2 Å². The number of carbonyl (C=O) groups is 1. The fourth-order valence-electron chi connectivity index (χ4n) is 1.02. The molecule has 0 saturated carbocycles. The summed E-state index contributed by atoms with van der Waals surface area (Å²) < 4.78 is 1.62. The van der Waals surface area contributed by atoms with Crippen molar-refractivity contribution in [2.75, 3.05) is 0 Å². The van der Waals surface area contributed by atoms with Gasteiger partial charge in [-0.15, -0.1) is 5.10 Å². The molecule has 7 heteroatoms. The number of tetrazole rings is 1. The highest BCUT2D eigenvalue weighted by atomic mass is 32.2. The third-order valence-corrected chi connectivity index (χ3v) is 2.85. The quantitative estimate of drug-likeness (QED) is 0.644. The number of carboxylic acid groups (broad SMARTS) is 1. The number of hydrogen-bond acceptors (Lipinski definition) is 5. The minimum absolute atomic E-state index is 0.400. The van der Waals surface area contributed by atoms with Gasteiger partial charge in [0.25, 0.3) is 0 Å². The Morgan fingerprint density at radius 2 is 2.58 bits per heavy atom. The van der Waals surface area contributed by atoms with Crippen LogP contribution < -0.4 is 0 Å². The highest BCUT2D eigenvalue weighted by molar-refractivity contribution is 8.00. The van der Waals surface area contributed by atoms with Gasteiger partial charge in [0.15, 0.2) is 0 Å². The standard InChI is InChI=1S/C5H6N4O2S/c10-4(11)3-1-2-9-5(12-3)6-7-8-9/h3H,1-2H2,(H,10,11). The maximum atomic E-state index is 10.6. The topological polar surface area (TPSA) is 80.9 Å². The van der Waals surface area contributed by atoms with Crippen LogP contribution in [0.2, 0.25) is 0 Å². The summed E-state index contributed by atoms with van der Waals surface area (Å²) in [6.07, 6.45) is 0.581. The van der Waals surface area contributed by atoms with Crippen LogP contribution in [0.15, 0.2) is 5.16 Å². The van der Waals surface area contributed by atoms with Crippen LogP contribution in [0.4, 0.5) is 0 Å². The van der Waals surface area contributed by atoms with E-state index in [9.17, 15) is 4.79 Å². The molecular weight excluding hydrogens is 180 g/mol. The summed E-state index contributed by atoms with van der Waals surface area (Å²) in [6, 6.07) is 0. The maximum Gasteiger partial charge on any atom is 0.317 e. The van der Waals surface area contributed by atoms with Gasteiger partial charge in [0.2, 0.25) is 5.16 Å². The lowest BCUT2D eigenvalue weighted by molar-refractivity contribution is -0.136. The molecule has 1 aliphatic rings. The van der Waals surface area contributed by atoms with Crippen LogP contribution in [0.1, 0.15) is 6.42 Å². The molecule has 1 aromatic heterocycles. The Balaban J connectivity index is 2.20. The first-order chi connectivity index (χ1) is 5.77. The Kier molecular flexibility index (Phi) is 1.72. The van der Waals surface area contributed by atoms with Gasteiger partial charge < -0.3 is 5.11 Å². The fraction of sp³-hybridized carbons (Fsp3) is 0.600. The summed E-state index contributed by atoms with van der Waals surface area (Å²) in [4.78, 5) is 10.6. The van der Waals surface area contributed by atoms with E-state index in [1.165, 1.54) is 11.8 Å². The van der Waals surface area contributed by atoms with Gasteiger partial charge in [-0.05, 0) is 16.8 Å². The normalized spacial score (nSPS) is 21.8. The van der Waals surface area contributed by atoms with E-state index in [-0.39, 0.29) is 0 Å². The summed E-state index contributed by atoms with van der Waals surface area (Å²) in [6.45, 7) is 0.590. The summed E-state index contributed by atoms with van der Waals surface area (Å²) in [5.74, 6) is -0.797. The average molecular weight is 186 g/mol. The average Bonchev–Trinajstić information content (AvgIpc) is 2.49. The number of aryl methyl sites for hydroxylation is 1. The highest BCUT2D eigenvalue weighted by Gasteiger charge is 2.26. The van der Waals surface area contributed by atoms with E-state index >= 15 is 0 Å². The molecule has 1 unspecified atom stereocenters. The number of nitrogens with zero attached hydrogens (tertiary/aromatic N) is 4. The molecule has 0 fully saturated rings. The Hall–Kier alpha value is -1.11. The van der Waals surface area contributed by atoms with Crippen LogP contribution in [0.3, 0.4) is 0 Å². The number of aliphatic carboxylic acids is 1. The third-order valence-electron chi connectivity index (χ3n) is 1.63. The molecule has 2 heterocycles. The van der Waals surface area contributed by atoms with Crippen molar-refractivity contribution in [2.24, 2.45) is 0 Å². The van der Waals surface area contributed by atoms with Crippen LogP contribution in [-0.2, 0) is 11.3 Å². The number of thioether (sulfide) groups is 1. The van der Waals surface area contributed by atoms with Crippen molar-refractivity contribution >= 4 is 17.7 Å². The molecule has 0 spiro atoms. The smallest absolute Gasteiger partial charge is 0.317 e. The van der Waals surface area contributed by atoms with Crippen molar-refractivity contribution in [3.63, 3.8) is 0 Å². The molecule has 1 aliphatic heterocycles. The lowest BCUT2D eigenvalue weighted by Crippen LogP contribution is -2.24. The monoisotopic (exact) mass is 186 g/mol. The SMILES string of the molecule is O=C(O)C1CCn2nnnc2S1. The summed E-state index contributed by atoms with van der Waals surface area (Å²) in [5.41, 5.74) is 0. The fourth-order valence-corrected chi connectivity index (χ4v) is 1.93. The lowest BCUT2D eigenvalue weighted by Gasteiger charge is -2.16. The Morgan fingerprint density at radius 3 is 3.33 bits per heavy atom. The molecule has 12 heavy (non-hydrogen) atoms. The summed E-state index contributed by atoms with van der Waals surface area (Å²) in [5, 5.41) is 19.7. The van der Waals surface area contributed by atoms with Gasteiger partial charge >= 0.3 is 5.97 Å². The third kappa shape index (κ3) is 1.15. The van der Waals surface area contributed by atoms with Gasteiger partial charge in [0, 0.05) is 6.54 Å². The predicted octanol–water partition coefficient (Wildman–Crippen LogP) is -0.378. The Labute approximate surface area is 71.9 Å².